The number of fused-ring (bicyclic) bond motifs is 3. The lowest BCUT2D eigenvalue weighted by atomic mass is 10.1. The normalized spacial score (nSPS) is 12.4. The van der Waals surface area contributed by atoms with E-state index in [1.165, 1.54) is 23.9 Å². The average Bonchev–Trinajstić information content (AvgIpc) is 3.05. The van der Waals surface area contributed by atoms with Crippen LogP contribution in [-0.4, -0.2) is 26.8 Å². The second-order valence-electron chi connectivity index (χ2n) is 6.24. The molecule has 2 heterocycles. The average molecular weight is 380 g/mol. The van der Waals surface area contributed by atoms with E-state index in [-0.39, 0.29) is 23.5 Å². The summed E-state index contributed by atoms with van der Waals surface area (Å²) >= 11 is 1.30. The molecule has 1 atom stereocenters. The molecule has 0 fully saturated rings. The molecule has 2 N–H and O–H groups in total. The van der Waals surface area contributed by atoms with E-state index in [1.807, 2.05) is 37.3 Å². The summed E-state index contributed by atoms with van der Waals surface area (Å²) in [5, 5.41) is 13.3. The van der Waals surface area contributed by atoms with Gasteiger partial charge in [-0.25, -0.2) is 4.39 Å². The molecule has 4 aromatic rings. The van der Waals surface area contributed by atoms with Crippen LogP contribution in [0, 0.1) is 5.82 Å². The third-order valence-electron chi connectivity index (χ3n) is 4.37. The van der Waals surface area contributed by atoms with Crippen LogP contribution in [0.2, 0.25) is 0 Å². The maximum Gasteiger partial charge on any atom is 0.230 e. The minimum atomic E-state index is -0.302. The second-order valence-corrected chi connectivity index (χ2v) is 7.21. The maximum absolute atomic E-state index is 13.5. The molecule has 0 saturated carbocycles. The summed E-state index contributed by atoms with van der Waals surface area (Å²) in [7, 11) is 0. The Morgan fingerprint density at radius 2 is 2.04 bits per heavy atom. The van der Waals surface area contributed by atoms with Gasteiger partial charge in [-0.2, -0.15) is 5.10 Å². The fraction of sp³-hybridized carbons (Fsp3) is 0.150. The van der Waals surface area contributed by atoms with Crippen molar-refractivity contribution in [2.75, 3.05) is 5.75 Å². The van der Waals surface area contributed by atoms with E-state index in [0.717, 1.165) is 27.4 Å². The maximum atomic E-state index is 13.5. The number of rotatable bonds is 5. The van der Waals surface area contributed by atoms with Gasteiger partial charge in [0.25, 0.3) is 0 Å². The van der Waals surface area contributed by atoms with Gasteiger partial charge in [0.1, 0.15) is 10.8 Å². The second kappa shape index (κ2) is 7.36. The Morgan fingerprint density at radius 3 is 2.85 bits per heavy atom. The number of aromatic amines is 1. The van der Waals surface area contributed by atoms with Crippen LogP contribution in [0.25, 0.3) is 21.8 Å². The van der Waals surface area contributed by atoms with Crippen molar-refractivity contribution in [3.05, 3.63) is 66.1 Å². The number of carbonyl (C=O) groups excluding carboxylic acids is 1. The van der Waals surface area contributed by atoms with Gasteiger partial charge in [0.15, 0.2) is 0 Å². The van der Waals surface area contributed by atoms with Crippen molar-refractivity contribution in [2.24, 2.45) is 0 Å². The molecular weight excluding hydrogens is 363 g/mol. The molecule has 0 aliphatic heterocycles. The zero-order chi connectivity index (χ0) is 18.8. The summed E-state index contributed by atoms with van der Waals surface area (Å²) in [6, 6.07) is 14.3. The molecule has 0 saturated heterocycles. The standard InChI is InChI=1S/C20H17FN4OS/c1-12(13-5-3-2-4-6-13)23-18(26)11-27-20-19-16(10-22-25-20)15-9-14(21)7-8-17(15)24-19/h2-10,12,24H,11H2,1H3,(H,23,26). The Bertz CT molecular complexity index is 1110. The topological polar surface area (TPSA) is 70.7 Å². The third-order valence-corrected chi connectivity index (χ3v) is 5.33. The predicted octanol–water partition coefficient (Wildman–Crippen LogP) is 4.22. The first-order valence-corrected chi connectivity index (χ1v) is 9.50. The summed E-state index contributed by atoms with van der Waals surface area (Å²) in [5.74, 6) is -0.171. The lowest BCUT2D eigenvalue weighted by molar-refractivity contribution is -0.119. The number of H-pyrrole nitrogens is 1. The zero-order valence-electron chi connectivity index (χ0n) is 14.6. The van der Waals surface area contributed by atoms with Crippen molar-refractivity contribution in [3.8, 4) is 0 Å². The molecule has 0 bridgehead atoms. The van der Waals surface area contributed by atoms with Gasteiger partial charge in [0, 0.05) is 16.3 Å². The van der Waals surface area contributed by atoms with Gasteiger partial charge >= 0.3 is 0 Å². The highest BCUT2D eigenvalue weighted by Crippen LogP contribution is 2.30. The number of amides is 1. The highest BCUT2D eigenvalue weighted by Gasteiger charge is 2.14. The van der Waals surface area contributed by atoms with Gasteiger partial charge in [-0.05, 0) is 30.7 Å². The molecule has 2 aromatic heterocycles. The number of thioether (sulfide) groups is 1. The number of hydrogen-bond acceptors (Lipinski definition) is 4. The fourth-order valence-corrected chi connectivity index (χ4v) is 3.78. The SMILES string of the molecule is CC(NC(=O)CSc1nncc2c1[nH]c1ccc(F)cc12)c1ccccc1. The summed E-state index contributed by atoms with van der Waals surface area (Å²) in [4.78, 5) is 15.6. The molecule has 1 unspecified atom stereocenters. The smallest absolute Gasteiger partial charge is 0.230 e. The zero-order valence-corrected chi connectivity index (χ0v) is 15.4. The van der Waals surface area contributed by atoms with Crippen molar-refractivity contribution in [1.29, 1.82) is 0 Å². The van der Waals surface area contributed by atoms with Crippen LogP contribution >= 0.6 is 11.8 Å². The van der Waals surface area contributed by atoms with E-state index >= 15 is 0 Å². The fourth-order valence-electron chi connectivity index (χ4n) is 3.02. The van der Waals surface area contributed by atoms with E-state index < -0.39 is 0 Å². The quantitative estimate of drug-likeness (QED) is 0.509. The number of nitrogens with one attached hydrogen (secondary N) is 2. The van der Waals surface area contributed by atoms with Gasteiger partial charge in [-0.1, -0.05) is 42.1 Å². The molecule has 1 amide bonds. The Kier molecular flexibility index (Phi) is 4.77. The summed E-state index contributed by atoms with van der Waals surface area (Å²) < 4.78 is 13.5. The Labute approximate surface area is 159 Å². The van der Waals surface area contributed by atoms with Crippen LogP contribution in [0.1, 0.15) is 18.5 Å². The van der Waals surface area contributed by atoms with Crippen LogP contribution in [0.3, 0.4) is 0 Å². The molecule has 0 aliphatic rings. The van der Waals surface area contributed by atoms with Crippen LogP contribution in [-0.2, 0) is 4.79 Å². The van der Waals surface area contributed by atoms with Crippen molar-refractivity contribution in [2.45, 2.75) is 18.0 Å². The van der Waals surface area contributed by atoms with Crippen LogP contribution in [0.15, 0.2) is 59.8 Å². The highest BCUT2D eigenvalue weighted by atomic mass is 32.2. The van der Waals surface area contributed by atoms with E-state index in [4.69, 9.17) is 0 Å². The Morgan fingerprint density at radius 1 is 1.22 bits per heavy atom. The largest absolute Gasteiger partial charge is 0.352 e. The molecule has 5 nitrogen and oxygen atoms in total. The van der Waals surface area contributed by atoms with Gasteiger partial charge in [-0.3, -0.25) is 4.79 Å². The predicted molar refractivity (Wildman–Crippen MR) is 105 cm³/mol. The molecule has 2 aromatic carbocycles. The van der Waals surface area contributed by atoms with Crippen LogP contribution in [0.4, 0.5) is 4.39 Å². The molecule has 0 aliphatic carbocycles. The molecule has 0 radical (unpaired) electrons. The summed E-state index contributed by atoms with van der Waals surface area (Å²) in [5.41, 5.74) is 2.63. The first kappa shape index (κ1) is 17.5. The number of aromatic nitrogens is 3. The monoisotopic (exact) mass is 380 g/mol. The van der Waals surface area contributed by atoms with Crippen LogP contribution in [0.5, 0.6) is 0 Å². The van der Waals surface area contributed by atoms with Gasteiger partial charge in [0.05, 0.1) is 23.5 Å². The van der Waals surface area contributed by atoms with Crippen molar-refractivity contribution in [1.82, 2.24) is 20.5 Å². The molecular formula is C20H17FN4OS. The molecule has 7 heteroatoms. The van der Waals surface area contributed by atoms with E-state index in [2.05, 4.69) is 20.5 Å². The highest BCUT2D eigenvalue weighted by molar-refractivity contribution is 8.00. The molecule has 0 spiro atoms. The lowest BCUT2D eigenvalue weighted by Gasteiger charge is -2.13. The Balaban J connectivity index is 1.50. The molecule has 4 rings (SSSR count). The van der Waals surface area contributed by atoms with Gasteiger partial charge in [0.2, 0.25) is 5.91 Å². The molecule has 136 valence electrons. The van der Waals surface area contributed by atoms with Gasteiger partial charge in [-0.15, -0.1) is 5.10 Å². The first-order valence-electron chi connectivity index (χ1n) is 8.51. The number of carbonyl (C=O) groups is 1. The minimum absolute atomic E-state index is 0.0720. The third kappa shape index (κ3) is 3.64. The van der Waals surface area contributed by atoms with Crippen molar-refractivity contribution < 1.29 is 9.18 Å². The summed E-state index contributed by atoms with van der Waals surface area (Å²) in [6.45, 7) is 1.95. The van der Waals surface area contributed by atoms with E-state index in [9.17, 15) is 9.18 Å². The van der Waals surface area contributed by atoms with Gasteiger partial charge < -0.3 is 10.3 Å². The Hall–Kier alpha value is -2.93. The summed E-state index contributed by atoms with van der Waals surface area (Å²) in [6.07, 6.45) is 1.61. The number of nitrogens with zero attached hydrogens (tertiary/aromatic N) is 2. The van der Waals surface area contributed by atoms with E-state index in [1.54, 1.807) is 12.3 Å². The van der Waals surface area contributed by atoms with Crippen molar-refractivity contribution in [3.63, 3.8) is 0 Å². The van der Waals surface area contributed by atoms with Crippen molar-refractivity contribution >= 4 is 39.5 Å². The number of hydrogen-bond donors (Lipinski definition) is 2. The van der Waals surface area contributed by atoms with Crippen LogP contribution < -0.4 is 5.32 Å². The lowest BCUT2D eigenvalue weighted by Crippen LogP contribution is -2.28. The number of benzene rings is 2. The minimum Gasteiger partial charge on any atom is -0.352 e. The van der Waals surface area contributed by atoms with E-state index in [0.29, 0.717) is 5.03 Å². The molecule has 27 heavy (non-hydrogen) atoms. The first-order chi connectivity index (χ1) is 13.1. The number of halogens is 1.